The Morgan fingerprint density at radius 1 is 0.904 bits per heavy atom. The summed E-state index contributed by atoms with van der Waals surface area (Å²) in [4.78, 5) is 92.9. The van der Waals surface area contributed by atoms with Gasteiger partial charge in [0, 0.05) is 24.5 Å². The Labute approximate surface area is 303 Å². The molecule has 1 aromatic heterocycles. The monoisotopic (exact) mass is 727 g/mol. The smallest absolute Gasteiger partial charge is 0.419 e. The molecule has 0 unspecified atom stereocenters. The van der Waals surface area contributed by atoms with E-state index in [2.05, 4.69) is 21.3 Å². The zero-order valence-electron chi connectivity index (χ0n) is 31.1. The minimum absolute atomic E-state index is 0.144. The van der Waals surface area contributed by atoms with Crippen LogP contribution >= 0.6 is 0 Å². The van der Waals surface area contributed by atoms with Gasteiger partial charge >= 0.3 is 12.1 Å². The number of ether oxygens (including phenoxy) is 1. The van der Waals surface area contributed by atoms with Crippen molar-refractivity contribution in [2.75, 3.05) is 13.1 Å². The van der Waals surface area contributed by atoms with Crippen molar-refractivity contribution in [2.24, 2.45) is 17.6 Å². The molecule has 1 aliphatic heterocycles. The van der Waals surface area contributed by atoms with Gasteiger partial charge in [0.2, 0.25) is 29.5 Å². The first-order valence-electron chi connectivity index (χ1n) is 17.5. The average Bonchev–Trinajstić information content (AvgIpc) is 3.70. The van der Waals surface area contributed by atoms with Crippen molar-refractivity contribution in [1.29, 1.82) is 0 Å². The molecule has 1 aromatic carbocycles. The Bertz CT molecular complexity index is 1660. The number of carboxylic acid groups (broad SMARTS) is 1. The molecule has 52 heavy (non-hydrogen) atoms. The number of para-hydroxylation sites is 1. The van der Waals surface area contributed by atoms with Crippen LogP contribution in [0.15, 0.2) is 30.5 Å². The number of amides is 5. The highest BCUT2D eigenvalue weighted by molar-refractivity contribution is 5.97. The van der Waals surface area contributed by atoms with Crippen LogP contribution in [0.3, 0.4) is 0 Å². The summed E-state index contributed by atoms with van der Waals surface area (Å²) in [5, 5.41) is 20.6. The third kappa shape index (κ3) is 10.5. The number of fused-ring (bicyclic) bond motifs is 1. The van der Waals surface area contributed by atoms with E-state index in [4.69, 9.17) is 10.5 Å². The molecule has 16 nitrogen and oxygen atoms in total. The Morgan fingerprint density at radius 3 is 2.12 bits per heavy atom. The molecule has 7 N–H and O–H groups in total. The van der Waals surface area contributed by atoms with Crippen LogP contribution in [0.5, 0.6) is 0 Å². The summed E-state index contributed by atoms with van der Waals surface area (Å²) >= 11 is 0. The molecular weight excluding hydrogens is 674 g/mol. The average molecular weight is 728 g/mol. The van der Waals surface area contributed by atoms with Crippen LogP contribution in [0.1, 0.15) is 73.8 Å². The minimum atomic E-state index is -1.33. The number of hydrogen-bond donors (Lipinski definition) is 6. The van der Waals surface area contributed by atoms with Gasteiger partial charge in [-0.2, -0.15) is 0 Å². The van der Waals surface area contributed by atoms with E-state index in [1.807, 2.05) is 0 Å². The Hall–Kier alpha value is -4.99. The standard InChI is InChI=1S/C36H53N7O9/c1-19(2)28(41-31(46)26-14-11-15-42(26)33(48)29(20(3)4)40-27(44)17-37)32(47)39-24(30(45)38-21(5)34(49)50)16-22-18-43(35(51)52-36(6,7)8)25-13-10-9-12-23(22)25/h9-10,12-13,18-21,24,26,28-29H,11,14-17,37H2,1-8H3,(H,38,45)(H,39,47)(H,40,44)(H,41,46)(H,49,50)/t21-,24-,26-,28-,29-/m0/s1. The summed E-state index contributed by atoms with van der Waals surface area (Å²) in [5.74, 6) is -5.07. The van der Waals surface area contributed by atoms with E-state index in [0.717, 1.165) is 0 Å². The number of nitrogens with one attached hydrogen (secondary N) is 4. The maximum absolute atomic E-state index is 13.9. The molecule has 5 atom stereocenters. The first-order valence-corrected chi connectivity index (χ1v) is 17.5. The van der Waals surface area contributed by atoms with Gasteiger partial charge in [0.15, 0.2) is 0 Å². The molecule has 286 valence electrons. The molecule has 0 spiro atoms. The Kier molecular flexibility index (Phi) is 13.9. The zero-order chi connectivity index (χ0) is 39.1. The lowest BCUT2D eigenvalue weighted by atomic mass is 9.99. The topological polar surface area (TPSA) is 231 Å². The summed E-state index contributed by atoms with van der Waals surface area (Å²) in [6.07, 6.45) is 1.58. The largest absolute Gasteiger partial charge is 0.480 e. The fourth-order valence-electron chi connectivity index (χ4n) is 5.95. The van der Waals surface area contributed by atoms with Crippen molar-refractivity contribution in [3.63, 3.8) is 0 Å². The molecule has 3 rings (SSSR count). The van der Waals surface area contributed by atoms with Crippen LogP contribution in [-0.4, -0.2) is 105 Å². The SMILES string of the molecule is CC(C)[C@H](NC(=O)[C@@H]1CCCN1C(=O)[C@@H](NC(=O)CN)C(C)C)C(=O)N[C@@H](Cc1cn(C(=O)OC(C)(C)C)c2ccccc12)C(=O)N[C@@H](C)C(=O)O. The van der Waals surface area contributed by atoms with E-state index >= 15 is 0 Å². The van der Waals surface area contributed by atoms with Crippen LogP contribution in [0.25, 0.3) is 10.9 Å². The molecule has 0 saturated carbocycles. The highest BCUT2D eigenvalue weighted by atomic mass is 16.6. The fourth-order valence-corrected chi connectivity index (χ4v) is 5.95. The normalized spacial score (nSPS) is 16.9. The van der Waals surface area contributed by atoms with E-state index in [-0.39, 0.29) is 25.4 Å². The molecule has 0 bridgehead atoms. The van der Waals surface area contributed by atoms with Crippen LogP contribution in [0.4, 0.5) is 4.79 Å². The van der Waals surface area contributed by atoms with Gasteiger partial charge in [0.05, 0.1) is 12.1 Å². The van der Waals surface area contributed by atoms with Crippen LogP contribution < -0.4 is 27.0 Å². The van der Waals surface area contributed by atoms with Crippen molar-refractivity contribution in [1.82, 2.24) is 30.7 Å². The molecular formula is C36H53N7O9. The summed E-state index contributed by atoms with van der Waals surface area (Å²) in [6.45, 7) is 13.4. The summed E-state index contributed by atoms with van der Waals surface area (Å²) in [6, 6.07) is 1.37. The van der Waals surface area contributed by atoms with Crippen molar-refractivity contribution >= 4 is 52.5 Å². The van der Waals surface area contributed by atoms with Crippen molar-refractivity contribution in [2.45, 2.75) is 110 Å². The number of benzene rings is 1. The number of aliphatic carboxylic acids is 1. The number of nitrogens with two attached hydrogens (primary N) is 1. The van der Waals surface area contributed by atoms with Crippen LogP contribution in [0.2, 0.25) is 0 Å². The minimum Gasteiger partial charge on any atom is -0.480 e. The quantitative estimate of drug-likeness (QED) is 0.163. The third-order valence-electron chi connectivity index (χ3n) is 8.69. The molecule has 1 saturated heterocycles. The molecule has 5 amide bonds. The number of rotatable bonds is 14. The highest BCUT2D eigenvalue weighted by Gasteiger charge is 2.40. The van der Waals surface area contributed by atoms with Gasteiger partial charge < -0.3 is 41.7 Å². The van der Waals surface area contributed by atoms with Crippen molar-refractivity contribution in [3.05, 3.63) is 36.0 Å². The van der Waals surface area contributed by atoms with E-state index in [0.29, 0.717) is 29.3 Å². The van der Waals surface area contributed by atoms with Gasteiger partial charge in [-0.1, -0.05) is 45.9 Å². The fraction of sp³-hybridized carbons (Fsp3) is 0.583. The molecule has 16 heteroatoms. The maximum atomic E-state index is 13.9. The van der Waals surface area contributed by atoms with Crippen LogP contribution in [-0.2, 0) is 39.9 Å². The van der Waals surface area contributed by atoms with E-state index in [9.17, 15) is 38.7 Å². The number of nitrogens with zero attached hydrogens (tertiary/aromatic N) is 2. The molecule has 1 fully saturated rings. The van der Waals surface area contributed by atoms with Crippen molar-refractivity contribution < 1.29 is 43.4 Å². The molecule has 0 radical (unpaired) electrons. The zero-order valence-corrected chi connectivity index (χ0v) is 31.1. The van der Waals surface area contributed by atoms with E-state index < -0.39 is 83.3 Å². The second-order valence-electron chi connectivity index (χ2n) is 14.8. The number of carbonyl (C=O) groups is 7. The predicted octanol–water partition coefficient (Wildman–Crippen LogP) is 1.27. The Balaban J connectivity index is 1.90. The van der Waals surface area contributed by atoms with Gasteiger partial charge in [-0.25, -0.2) is 4.79 Å². The molecule has 2 heterocycles. The summed E-state index contributed by atoms with van der Waals surface area (Å²) in [7, 11) is 0. The Morgan fingerprint density at radius 2 is 1.54 bits per heavy atom. The van der Waals surface area contributed by atoms with Gasteiger partial charge in [-0.05, 0) is 64.0 Å². The number of hydrogen-bond acceptors (Lipinski definition) is 9. The van der Waals surface area contributed by atoms with E-state index in [1.165, 1.54) is 22.6 Å². The molecule has 2 aromatic rings. The molecule has 1 aliphatic rings. The van der Waals surface area contributed by atoms with Gasteiger partial charge in [-0.15, -0.1) is 0 Å². The first kappa shape index (κ1) is 41.4. The lowest BCUT2D eigenvalue weighted by Crippen LogP contribution is -2.60. The number of likely N-dealkylation sites (tertiary alicyclic amines) is 1. The van der Waals surface area contributed by atoms with E-state index in [1.54, 1.807) is 72.7 Å². The second kappa shape index (κ2) is 17.5. The second-order valence-corrected chi connectivity index (χ2v) is 14.8. The third-order valence-corrected chi connectivity index (χ3v) is 8.69. The number of aromatic nitrogens is 1. The van der Waals surface area contributed by atoms with Crippen LogP contribution in [0, 0.1) is 11.8 Å². The van der Waals surface area contributed by atoms with Gasteiger partial charge in [0.25, 0.3) is 0 Å². The van der Waals surface area contributed by atoms with Gasteiger partial charge in [-0.3, -0.25) is 33.3 Å². The first-order chi connectivity index (χ1) is 24.2. The van der Waals surface area contributed by atoms with Crippen molar-refractivity contribution in [3.8, 4) is 0 Å². The lowest BCUT2D eigenvalue weighted by molar-refractivity contribution is -0.143. The summed E-state index contributed by atoms with van der Waals surface area (Å²) in [5.41, 5.74) is 5.65. The summed E-state index contributed by atoms with van der Waals surface area (Å²) < 4.78 is 6.88. The maximum Gasteiger partial charge on any atom is 0.419 e. The molecule has 0 aliphatic carbocycles. The van der Waals surface area contributed by atoms with Gasteiger partial charge in [0.1, 0.15) is 35.8 Å². The lowest BCUT2D eigenvalue weighted by Gasteiger charge is -2.32. The predicted molar refractivity (Wildman–Crippen MR) is 192 cm³/mol. The highest BCUT2D eigenvalue weighted by Crippen LogP contribution is 2.25. The number of carboxylic acids is 1. The number of carbonyl (C=O) groups excluding carboxylic acids is 6.